The minimum atomic E-state index is -0.708. The van der Waals surface area contributed by atoms with Crippen molar-refractivity contribution in [2.24, 2.45) is 11.5 Å². The highest BCUT2D eigenvalue weighted by molar-refractivity contribution is 6.08. The number of amides is 3. The number of pyridine rings is 2. The molecule has 12 heteroatoms. The molecule has 0 radical (unpaired) electrons. The van der Waals surface area contributed by atoms with E-state index in [0.29, 0.717) is 40.7 Å². The van der Waals surface area contributed by atoms with Gasteiger partial charge in [0.25, 0.3) is 17.7 Å². The predicted molar refractivity (Wildman–Crippen MR) is 179 cm³/mol. The van der Waals surface area contributed by atoms with E-state index in [0.717, 1.165) is 22.2 Å². The molecule has 7 rings (SSSR count). The molecule has 3 aromatic carbocycles. The molecular formula is C37H30FN5O6. The number of hydrogen-bond donors (Lipinski definition) is 3. The Kier molecular flexibility index (Phi) is 7.91. The van der Waals surface area contributed by atoms with Gasteiger partial charge in [0, 0.05) is 35.0 Å². The number of aromatic nitrogens is 2. The topological polar surface area (TPSA) is 173 Å². The quantitative estimate of drug-likeness (QED) is 0.171. The van der Waals surface area contributed by atoms with Crippen LogP contribution in [0.3, 0.4) is 0 Å². The maximum atomic E-state index is 14.0. The summed E-state index contributed by atoms with van der Waals surface area (Å²) in [6, 6.07) is 19.8. The number of fused-ring (bicyclic) bond motifs is 2. The number of ether oxygens (including phenoxy) is 2. The van der Waals surface area contributed by atoms with Gasteiger partial charge in [0.2, 0.25) is 0 Å². The Balaban J connectivity index is 1.29. The summed E-state index contributed by atoms with van der Waals surface area (Å²) in [5, 5.41) is 4.52. The zero-order chi connectivity index (χ0) is 34.3. The molecule has 3 aromatic heterocycles. The Hall–Kier alpha value is -6.30. The van der Waals surface area contributed by atoms with Crippen molar-refractivity contribution in [2.45, 2.75) is 24.8 Å². The maximum absolute atomic E-state index is 14.0. The lowest BCUT2D eigenvalue weighted by Gasteiger charge is -2.20. The fraction of sp³-hybridized carbons (Fsp3) is 0.162. The van der Waals surface area contributed by atoms with Crippen molar-refractivity contribution in [2.75, 3.05) is 13.7 Å². The smallest absolute Gasteiger partial charge is 0.255 e. The molecule has 0 aliphatic heterocycles. The van der Waals surface area contributed by atoms with Crippen LogP contribution in [-0.4, -0.2) is 41.4 Å². The lowest BCUT2D eigenvalue weighted by molar-refractivity contribution is -0.119. The van der Waals surface area contributed by atoms with Crippen molar-refractivity contribution in [3.8, 4) is 22.6 Å². The molecule has 1 aliphatic carbocycles. The van der Waals surface area contributed by atoms with Crippen LogP contribution in [0.2, 0.25) is 0 Å². The molecule has 0 saturated heterocycles. The first kappa shape index (κ1) is 31.3. The van der Waals surface area contributed by atoms with Crippen molar-refractivity contribution < 1.29 is 32.7 Å². The number of halogens is 1. The summed E-state index contributed by atoms with van der Waals surface area (Å²) < 4.78 is 30.9. The Bertz CT molecular complexity index is 2280. The molecule has 49 heavy (non-hydrogen) atoms. The van der Waals surface area contributed by atoms with Crippen LogP contribution in [-0.2, 0) is 16.8 Å². The molecule has 1 fully saturated rings. The Labute approximate surface area is 279 Å². The number of hydrogen-bond acceptors (Lipinski definition) is 8. The van der Waals surface area contributed by atoms with E-state index < -0.39 is 29.9 Å². The van der Waals surface area contributed by atoms with Gasteiger partial charge >= 0.3 is 0 Å². The van der Waals surface area contributed by atoms with Crippen LogP contribution in [0.5, 0.6) is 11.5 Å². The Morgan fingerprint density at radius 1 is 0.980 bits per heavy atom. The molecule has 1 saturated carbocycles. The van der Waals surface area contributed by atoms with E-state index in [1.807, 2.05) is 18.2 Å². The average molecular weight is 660 g/mol. The molecule has 5 N–H and O–H groups in total. The molecule has 3 heterocycles. The van der Waals surface area contributed by atoms with Gasteiger partial charge in [-0.2, -0.15) is 0 Å². The predicted octanol–water partition coefficient (Wildman–Crippen LogP) is 5.16. The number of primary amides is 2. The van der Waals surface area contributed by atoms with Gasteiger partial charge in [0.15, 0.2) is 6.61 Å². The molecule has 1 aliphatic rings. The van der Waals surface area contributed by atoms with Crippen LogP contribution in [0.4, 0.5) is 4.39 Å². The lowest BCUT2D eigenvalue weighted by Crippen LogP contribution is -2.35. The van der Waals surface area contributed by atoms with E-state index in [9.17, 15) is 18.8 Å². The minimum Gasteiger partial charge on any atom is -0.496 e. The van der Waals surface area contributed by atoms with Crippen LogP contribution in [0.1, 0.15) is 50.6 Å². The average Bonchev–Trinajstić information content (AvgIpc) is 3.79. The number of methoxy groups -OCH3 is 1. The summed E-state index contributed by atoms with van der Waals surface area (Å²) in [6.07, 6.45) is 4.97. The highest BCUT2D eigenvalue weighted by atomic mass is 19.1. The van der Waals surface area contributed by atoms with Gasteiger partial charge in [-0.05, 0) is 66.4 Å². The second-order valence-electron chi connectivity index (χ2n) is 11.9. The van der Waals surface area contributed by atoms with Gasteiger partial charge in [-0.1, -0.05) is 24.3 Å². The number of nitrogens with one attached hydrogen (secondary N) is 1. The third-order valence-electron chi connectivity index (χ3n) is 8.60. The highest BCUT2D eigenvalue weighted by Crippen LogP contribution is 2.46. The summed E-state index contributed by atoms with van der Waals surface area (Å²) in [7, 11) is 1.42. The molecule has 0 unspecified atom stereocenters. The minimum absolute atomic E-state index is 0.168. The fourth-order valence-corrected chi connectivity index (χ4v) is 5.99. The molecule has 0 atom stereocenters. The summed E-state index contributed by atoms with van der Waals surface area (Å²) in [4.78, 5) is 47.4. The molecule has 6 aromatic rings. The largest absolute Gasteiger partial charge is 0.496 e. The van der Waals surface area contributed by atoms with E-state index in [2.05, 4.69) is 10.3 Å². The van der Waals surface area contributed by atoms with E-state index >= 15 is 0 Å². The standard InChI is InChI=1S/C37H30FN5O6/c1-47-29-17-30(48-19-33(39)44)24(16-26(29)36(46)43-37(11-12-37)32-9-5-21-10-13-41-18-27(21)42-32)22-4-8-28-25(15-22)34(35(40)45)31(49-28)14-20-2-6-23(38)7-3-20/h2-10,13,15-18H,11-12,14,19H2,1H3,(H2,39,44)(H2,40,45)(H,43,46). The molecular weight excluding hydrogens is 629 g/mol. The van der Waals surface area contributed by atoms with Gasteiger partial charge in [-0.15, -0.1) is 0 Å². The summed E-state index contributed by atoms with van der Waals surface area (Å²) in [5.41, 5.74) is 14.5. The molecule has 0 spiro atoms. The van der Waals surface area contributed by atoms with Crippen LogP contribution in [0.15, 0.2) is 89.6 Å². The van der Waals surface area contributed by atoms with Crippen molar-refractivity contribution in [1.82, 2.24) is 15.3 Å². The third-order valence-corrected chi connectivity index (χ3v) is 8.60. The van der Waals surface area contributed by atoms with E-state index in [4.69, 9.17) is 30.3 Å². The number of nitrogens with two attached hydrogens (primary N) is 2. The number of carbonyl (C=O) groups excluding carboxylic acids is 3. The highest BCUT2D eigenvalue weighted by Gasteiger charge is 2.47. The SMILES string of the molecule is COc1cc(OCC(N)=O)c(-c2ccc3oc(Cc4ccc(F)cc4)c(C(N)=O)c3c2)cc1C(=O)NC1(c2ccc3ccncc3n2)CC1. The second-order valence-corrected chi connectivity index (χ2v) is 11.9. The Morgan fingerprint density at radius 2 is 1.78 bits per heavy atom. The monoisotopic (exact) mass is 659 g/mol. The third kappa shape index (κ3) is 6.11. The first-order valence-electron chi connectivity index (χ1n) is 15.4. The van der Waals surface area contributed by atoms with Gasteiger partial charge < -0.3 is 30.7 Å². The zero-order valence-corrected chi connectivity index (χ0v) is 26.3. The molecule has 246 valence electrons. The van der Waals surface area contributed by atoms with E-state index in [1.54, 1.807) is 48.8 Å². The van der Waals surface area contributed by atoms with Gasteiger partial charge in [-0.25, -0.2) is 9.37 Å². The molecule has 0 bridgehead atoms. The van der Waals surface area contributed by atoms with Crippen LogP contribution < -0.4 is 26.3 Å². The second kappa shape index (κ2) is 12.4. The normalized spacial score (nSPS) is 13.3. The van der Waals surface area contributed by atoms with Crippen LogP contribution in [0.25, 0.3) is 33.0 Å². The van der Waals surface area contributed by atoms with E-state index in [1.165, 1.54) is 25.3 Å². The van der Waals surface area contributed by atoms with Gasteiger partial charge in [0.1, 0.15) is 28.7 Å². The van der Waals surface area contributed by atoms with Crippen molar-refractivity contribution in [3.63, 3.8) is 0 Å². The van der Waals surface area contributed by atoms with Gasteiger partial charge in [0.05, 0.1) is 41.2 Å². The zero-order valence-electron chi connectivity index (χ0n) is 26.3. The first-order chi connectivity index (χ1) is 23.6. The summed E-state index contributed by atoms with van der Waals surface area (Å²) in [6.45, 7) is -0.435. The summed E-state index contributed by atoms with van der Waals surface area (Å²) in [5.74, 6) is -1.46. The van der Waals surface area contributed by atoms with Crippen molar-refractivity contribution in [1.29, 1.82) is 0 Å². The summed E-state index contributed by atoms with van der Waals surface area (Å²) >= 11 is 0. The van der Waals surface area contributed by atoms with Crippen molar-refractivity contribution in [3.05, 3.63) is 119 Å². The molecule has 11 nitrogen and oxygen atoms in total. The number of benzene rings is 3. The van der Waals surface area contributed by atoms with Crippen LogP contribution >= 0.6 is 0 Å². The first-order valence-corrected chi connectivity index (χ1v) is 15.4. The fourth-order valence-electron chi connectivity index (χ4n) is 5.99. The number of nitrogens with zero attached hydrogens (tertiary/aromatic N) is 2. The Morgan fingerprint density at radius 3 is 2.49 bits per heavy atom. The van der Waals surface area contributed by atoms with Gasteiger partial charge in [-0.3, -0.25) is 19.4 Å². The lowest BCUT2D eigenvalue weighted by atomic mass is 9.97. The molecule has 3 amide bonds. The number of rotatable bonds is 11. The number of furan rings is 1. The van der Waals surface area contributed by atoms with Crippen LogP contribution in [0, 0.1) is 5.82 Å². The number of carbonyl (C=O) groups is 3. The van der Waals surface area contributed by atoms with Crippen molar-refractivity contribution >= 4 is 39.6 Å². The van der Waals surface area contributed by atoms with E-state index in [-0.39, 0.29) is 34.9 Å². The maximum Gasteiger partial charge on any atom is 0.255 e.